The summed E-state index contributed by atoms with van der Waals surface area (Å²) in [6.07, 6.45) is 0. The zero-order valence-corrected chi connectivity index (χ0v) is 23.6. The van der Waals surface area contributed by atoms with Gasteiger partial charge < -0.3 is 9.47 Å². The molecule has 0 unspecified atom stereocenters. The predicted octanol–water partition coefficient (Wildman–Crippen LogP) is 3.38. The molecule has 0 bridgehead atoms. The predicted molar refractivity (Wildman–Crippen MR) is 140 cm³/mol. The third kappa shape index (κ3) is 7.34. The van der Waals surface area contributed by atoms with Gasteiger partial charge in [0.15, 0.2) is 6.61 Å². The fraction of sp³-hybridized carbons (Fsp3) is 0.0476. The van der Waals surface area contributed by atoms with Gasteiger partial charge in [0.2, 0.25) is 0 Å². The van der Waals surface area contributed by atoms with E-state index in [1.165, 1.54) is 36.4 Å². The fourth-order valence-corrected chi connectivity index (χ4v) is 7.66. The maximum atomic E-state index is 13.0. The standard InChI is InChI=1S/C21H14FI2NO9S2/c22-13-3-7-16(8-4-13)35(28,29)25-21(27)12-1-5-14(6-2-12)34-19(26)11-33-15-9-17(23)20(18(24)10-15)36(30,31)32/h1-10H,11H2,(H,25,27)(H,30,31,32). The molecular formula is C21H14FI2NO9S2. The molecule has 0 aliphatic carbocycles. The van der Waals surface area contributed by atoms with Crippen LogP contribution in [0.4, 0.5) is 4.39 Å². The van der Waals surface area contributed by atoms with Gasteiger partial charge in [0.25, 0.3) is 26.0 Å². The normalized spacial score (nSPS) is 11.6. The Morgan fingerprint density at radius 1 is 0.889 bits per heavy atom. The molecule has 0 radical (unpaired) electrons. The summed E-state index contributed by atoms with van der Waals surface area (Å²) < 4.78 is 82.3. The van der Waals surface area contributed by atoms with E-state index < -0.39 is 44.4 Å². The van der Waals surface area contributed by atoms with Crippen molar-refractivity contribution in [3.05, 3.63) is 79.2 Å². The number of hydrogen-bond donors (Lipinski definition) is 2. The molecule has 0 aromatic heterocycles. The summed E-state index contributed by atoms with van der Waals surface area (Å²) in [5, 5.41) is 0. The summed E-state index contributed by atoms with van der Waals surface area (Å²) in [5.74, 6) is -2.17. The number of halogens is 3. The van der Waals surface area contributed by atoms with Crippen LogP contribution in [0, 0.1) is 13.0 Å². The lowest BCUT2D eigenvalue weighted by molar-refractivity contribution is -0.136. The van der Waals surface area contributed by atoms with Crippen molar-refractivity contribution in [1.82, 2.24) is 4.72 Å². The van der Waals surface area contributed by atoms with E-state index in [1.54, 1.807) is 45.2 Å². The first kappa shape index (κ1) is 28.2. The number of carbonyl (C=O) groups excluding carboxylic acids is 2. The highest BCUT2D eigenvalue weighted by Crippen LogP contribution is 2.29. The van der Waals surface area contributed by atoms with Crippen LogP contribution in [-0.4, -0.2) is 39.9 Å². The molecular weight excluding hydrogens is 747 g/mol. The van der Waals surface area contributed by atoms with Gasteiger partial charge in [-0.2, -0.15) is 8.42 Å². The van der Waals surface area contributed by atoms with Gasteiger partial charge in [-0.1, -0.05) is 0 Å². The van der Waals surface area contributed by atoms with Crippen LogP contribution in [0.5, 0.6) is 11.5 Å². The summed E-state index contributed by atoms with van der Waals surface area (Å²) in [5.41, 5.74) is -0.0418. The number of nitrogens with one attached hydrogen (secondary N) is 1. The van der Waals surface area contributed by atoms with Gasteiger partial charge >= 0.3 is 5.97 Å². The topological polar surface area (TPSA) is 153 Å². The highest BCUT2D eigenvalue weighted by Gasteiger charge is 2.21. The Bertz CT molecular complexity index is 1500. The van der Waals surface area contributed by atoms with Crippen LogP contribution >= 0.6 is 45.2 Å². The van der Waals surface area contributed by atoms with Gasteiger partial charge in [-0.3, -0.25) is 9.35 Å². The Balaban J connectivity index is 1.59. The number of hydrogen-bond acceptors (Lipinski definition) is 8. The number of rotatable bonds is 8. The van der Waals surface area contributed by atoms with Crippen molar-refractivity contribution in [1.29, 1.82) is 0 Å². The molecule has 3 aromatic rings. The van der Waals surface area contributed by atoms with Crippen LogP contribution < -0.4 is 14.2 Å². The lowest BCUT2D eigenvalue weighted by atomic mass is 10.2. The average molecular weight is 761 g/mol. The van der Waals surface area contributed by atoms with E-state index in [9.17, 15) is 35.4 Å². The van der Waals surface area contributed by atoms with E-state index in [1.807, 2.05) is 4.72 Å². The number of amides is 1. The van der Waals surface area contributed by atoms with Crippen LogP contribution in [0.2, 0.25) is 0 Å². The summed E-state index contributed by atoms with van der Waals surface area (Å²) in [6, 6.07) is 11.6. The van der Waals surface area contributed by atoms with Crippen molar-refractivity contribution in [2.45, 2.75) is 9.79 Å². The molecule has 36 heavy (non-hydrogen) atoms. The van der Waals surface area contributed by atoms with Crippen LogP contribution in [-0.2, 0) is 24.9 Å². The van der Waals surface area contributed by atoms with Crippen molar-refractivity contribution < 1.29 is 44.8 Å². The largest absolute Gasteiger partial charge is 0.482 e. The number of esters is 1. The third-order valence-electron chi connectivity index (χ3n) is 4.29. The maximum Gasteiger partial charge on any atom is 0.349 e. The Labute approximate surface area is 232 Å². The van der Waals surface area contributed by atoms with Crippen molar-refractivity contribution in [2.24, 2.45) is 0 Å². The zero-order chi connectivity index (χ0) is 26.7. The fourth-order valence-electron chi connectivity index (χ4n) is 2.70. The van der Waals surface area contributed by atoms with Crippen molar-refractivity contribution in [3.63, 3.8) is 0 Å². The first-order valence-electron chi connectivity index (χ1n) is 9.49. The van der Waals surface area contributed by atoms with Gasteiger partial charge in [-0.05, 0) is 106 Å². The summed E-state index contributed by atoms with van der Waals surface area (Å²) in [6.45, 7) is -0.532. The van der Waals surface area contributed by atoms with E-state index in [4.69, 9.17) is 9.47 Å². The monoisotopic (exact) mass is 761 g/mol. The first-order valence-corrected chi connectivity index (χ1v) is 14.6. The number of ether oxygens (including phenoxy) is 2. The first-order chi connectivity index (χ1) is 16.8. The quantitative estimate of drug-likeness (QED) is 0.152. The third-order valence-corrected chi connectivity index (χ3v) is 9.02. The molecule has 0 aliphatic rings. The van der Waals surface area contributed by atoms with E-state index in [2.05, 4.69) is 0 Å². The minimum Gasteiger partial charge on any atom is -0.482 e. The van der Waals surface area contributed by atoms with Gasteiger partial charge in [-0.15, -0.1) is 0 Å². The molecule has 0 spiro atoms. The van der Waals surface area contributed by atoms with Crippen LogP contribution in [0.15, 0.2) is 70.5 Å². The minimum atomic E-state index is -4.43. The number of benzene rings is 3. The molecule has 10 nitrogen and oxygen atoms in total. The molecule has 0 saturated heterocycles. The SMILES string of the molecule is O=C(COc1cc(I)c(S(=O)(=O)O)c(I)c1)Oc1ccc(C(=O)NS(=O)(=O)c2ccc(F)cc2)cc1. The van der Waals surface area contributed by atoms with Gasteiger partial charge in [0, 0.05) is 12.7 Å². The molecule has 0 fully saturated rings. The van der Waals surface area contributed by atoms with Crippen LogP contribution in [0.3, 0.4) is 0 Å². The van der Waals surface area contributed by atoms with Gasteiger partial charge in [0.1, 0.15) is 22.2 Å². The van der Waals surface area contributed by atoms with Crippen LogP contribution in [0.1, 0.15) is 10.4 Å². The van der Waals surface area contributed by atoms with E-state index in [0.717, 1.165) is 24.3 Å². The molecule has 3 rings (SSSR count). The molecule has 0 saturated carbocycles. The maximum absolute atomic E-state index is 13.0. The number of carbonyl (C=O) groups is 2. The molecule has 3 aromatic carbocycles. The average Bonchev–Trinajstić information content (AvgIpc) is 2.77. The molecule has 190 valence electrons. The number of sulfonamides is 1. The second-order valence-corrected chi connectivity index (χ2v) is 12.2. The van der Waals surface area contributed by atoms with Crippen molar-refractivity contribution >= 4 is 77.2 Å². The lowest BCUT2D eigenvalue weighted by Crippen LogP contribution is -2.30. The van der Waals surface area contributed by atoms with Crippen LogP contribution in [0.25, 0.3) is 0 Å². The molecule has 15 heteroatoms. The summed E-state index contributed by atoms with van der Waals surface area (Å²) in [7, 11) is -8.65. The highest BCUT2D eigenvalue weighted by atomic mass is 127. The van der Waals surface area contributed by atoms with Crippen molar-refractivity contribution in [3.8, 4) is 11.5 Å². The Morgan fingerprint density at radius 3 is 1.97 bits per heavy atom. The van der Waals surface area contributed by atoms with Gasteiger partial charge in [-0.25, -0.2) is 22.3 Å². The van der Waals surface area contributed by atoms with Crippen molar-refractivity contribution in [2.75, 3.05) is 6.61 Å². The van der Waals surface area contributed by atoms with E-state index in [0.29, 0.717) is 0 Å². The Hall–Kier alpha value is -2.35. The smallest absolute Gasteiger partial charge is 0.349 e. The molecule has 1 amide bonds. The highest BCUT2D eigenvalue weighted by molar-refractivity contribution is 14.1. The second-order valence-electron chi connectivity index (χ2n) is 6.87. The second kappa shape index (κ2) is 11.4. The van der Waals surface area contributed by atoms with E-state index in [-0.39, 0.29) is 34.0 Å². The van der Waals surface area contributed by atoms with Gasteiger partial charge in [0.05, 0.1) is 4.90 Å². The molecule has 2 N–H and O–H groups in total. The Morgan fingerprint density at radius 2 is 1.44 bits per heavy atom. The molecule has 0 atom stereocenters. The zero-order valence-electron chi connectivity index (χ0n) is 17.6. The molecule has 0 aliphatic heterocycles. The Kier molecular flexibility index (Phi) is 8.91. The minimum absolute atomic E-state index is 0.0418. The lowest BCUT2D eigenvalue weighted by Gasteiger charge is -2.10. The van der Waals surface area contributed by atoms with E-state index >= 15 is 0 Å². The molecule has 0 heterocycles. The summed E-state index contributed by atoms with van der Waals surface area (Å²) in [4.78, 5) is 23.8. The summed E-state index contributed by atoms with van der Waals surface area (Å²) >= 11 is 3.42.